The lowest BCUT2D eigenvalue weighted by Gasteiger charge is -2.40. The quantitative estimate of drug-likeness (QED) is 0.902. The molecule has 21 heavy (non-hydrogen) atoms. The van der Waals surface area contributed by atoms with Crippen LogP contribution in [0.4, 0.5) is 5.69 Å². The van der Waals surface area contributed by atoms with Crippen LogP contribution in [-0.4, -0.2) is 36.2 Å². The summed E-state index contributed by atoms with van der Waals surface area (Å²) in [5.74, 6) is 0.257. The molecule has 3 atom stereocenters. The van der Waals surface area contributed by atoms with Crippen molar-refractivity contribution in [3.8, 4) is 0 Å². The van der Waals surface area contributed by atoms with E-state index in [-0.39, 0.29) is 29.4 Å². The van der Waals surface area contributed by atoms with E-state index in [9.17, 15) is 9.90 Å². The number of amides is 1. The Morgan fingerprint density at radius 2 is 2.19 bits per heavy atom. The summed E-state index contributed by atoms with van der Waals surface area (Å²) in [6, 6.07) is 2.18. The zero-order chi connectivity index (χ0) is 15.6. The number of nitrogens with one attached hydrogen (secondary N) is 1. The van der Waals surface area contributed by atoms with E-state index in [0.717, 1.165) is 19.5 Å². The second kappa shape index (κ2) is 6.36. The van der Waals surface area contributed by atoms with Crippen molar-refractivity contribution in [2.75, 3.05) is 18.0 Å². The van der Waals surface area contributed by atoms with E-state index < -0.39 is 0 Å². The summed E-state index contributed by atoms with van der Waals surface area (Å²) in [5, 5.41) is 17.3. The molecule has 0 saturated carbocycles. The number of aliphatic hydroxyl groups is 1. The summed E-state index contributed by atoms with van der Waals surface area (Å²) in [6.07, 6.45) is 0.473. The van der Waals surface area contributed by atoms with E-state index in [0.29, 0.717) is 0 Å². The molecular weight excluding hydrogens is 284 g/mol. The van der Waals surface area contributed by atoms with E-state index in [1.54, 1.807) is 11.3 Å². The summed E-state index contributed by atoms with van der Waals surface area (Å²) in [7, 11) is 0. The number of nitrogens with zero attached hydrogens (tertiary/aromatic N) is 1. The molecule has 0 bridgehead atoms. The lowest BCUT2D eigenvalue weighted by atomic mass is 9.88. The van der Waals surface area contributed by atoms with Crippen molar-refractivity contribution < 1.29 is 9.90 Å². The zero-order valence-electron chi connectivity index (χ0n) is 13.3. The molecule has 1 aromatic rings. The van der Waals surface area contributed by atoms with Crippen LogP contribution in [0.2, 0.25) is 0 Å². The number of aliphatic hydroxyl groups excluding tert-OH is 1. The Kier molecular flexibility index (Phi) is 4.94. The van der Waals surface area contributed by atoms with Crippen molar-refractivity contribution >= 4 is 22.9 Å². The molecule has 5 heteroatoms. The summed E-state index contributed by atoms with van der Waals surface area (Å²) < 4.78 is 0. The van der Waals surface area contributed by atoms with Gasteiger partial charge >= 0.3 is 0 Å². The monoisotopic (exact) mass is 310 g/mol. The first-order valence-electron chi connectivity index (χ1n) is 7.53. The molecule has 2 rings (SSSR count). The Bertz CT molecular complexity index is 465. The fourth-order valence-corrected chi connectivity index (χ4v) is 3.31. The molecule has 3 unspecified atom stereocenters. The van der Waals surface area contributed by atoms with Crippen molar-refractivity contribution in [3.05, 3.63) is 16.8 Å². The van der Waals surface area contributed by atoms with E-state index in [2.05, 4.69) is 27.0 Å². The lowest BCUT2D eigenvalue weighted by molar-refractivity contribution is -0.129. The second-order valence-electron chi connectivity index (χ2n) is 7.04. The number of piperidine rings is 1. The van der Waals surface area contributed by atoms with E-state index in [4.69, 9.17) is 0 Å². The number of carbonyl (C=O) groups is 1. The van der Waals surface area contributed by atoms with Crippen molar-refractivity contribution in [1.29, 1.82) is 0 Å². The first kappa shape index (κ1) is 16.3. The molecule has 1 amide bonds. The van der Waals surface area contributed by atoms with Gasteiger partial charge < -0.3 is 15.3 Å². The smallest absolute Gasteiger partial charge is 0.225 e. The largest absolute Gasteiger partial charge is 0.393 e. The Hall–Kier alpha value is -1.07. The van der Waals surface area contributed by atoms with Crippen molar-refractivity contribution in [1.82, 2.24) is 5.32 Å². The van der Waals surface area contributed by atoms with Gasteiger partial charge in [-0.1, -0.05) is 20.8 Å². The van der Waals surface area contributed by atoms with Crippen molar-refractivity contribution in [2.24, 2.45) is 11.3 Å². The lowest BCUT2D eigenvalue weighted by Crippen LogP contribution is -2.54. The molecule has 2 N–H and O–H groups in total. The zero-order valence-corrected chi connectivity index (χ0v) is 14.1. The topological polar surface area (TPSA) is 52.6 Å². The normalized spacial score (nSPS) is 24.7. The van der Waals surface area contributed by atoms with Gasteiger partial charge in [0, 0.05) is 41.5 Å². The summed E-state index contributed by atoms with van der Waals surface area (Å²) in [5.41, 5.74) is 0.797. The minimum absolute atomic E-state index is 0.0732. The molecule has 1 aromatic heterocycles. The third kappa shape index (κ3) is 4.20. The van der Waals surface area contributed by atoms with Crippen LogP contribution in [-0.2, 0) is 4.79 Å². The number of hydrogen-bond acceptors (Lipinski definition) is 4. The molecule has 0 radical (unpaired) electrons. The van der Waals surface area contributed by atoms with E-state index in [1.165, 1.54) is 5.69 Å². The van der Waals surface area contributed by atoms with Crippen molar-refractivity contribution in [3.63, 3.8) is 0 Å². The van der Waals surface area contributed by atoms with Crippen LogP contribution >= 0.6 is 11.3 Å². The minimum atomic E-state index is -0.384. The molecule has 118 valence electrons. The van der Waals surface area contributed by atoms with Crippen LogP contribution < -0.4 is 10.2 Å². The number of rotatable bonds is 3. The second-order valence-corrected chi connectivity index (χ2v) is 7.82. The Morgan fingerprint density at radius 1 is 1.48 bits per heavy atom. The first-order chi connectivity index (χ1) is 9.77. The van der Waals surface area contributed by atoms with Gasteiger partial charge in [0.1, 0.15) is 0 Å². The molecule has 0 spiro atoms. The fourth-order valence-electron chi connectivity index (χ4n) is 2.64. The molecule has 4 nitrogen and oxygen atoms in total. The number of thiophene rings is 1. The SMILES string of the molecule is CC(O)C1CC(NC(=O)C(C)(C)C)CN(c2ccsc2)C1. The standard InChI is InChI=1S/C16H26N2O2S/c1-11(19)12-7-13(17-15(20)16(2,3)4)9-18(8-12)14-5-6-21-10-14/h5-6,10-13,19H,7-9H2,1-4H3,(H,17,20). The number of anilines is 1. The predicted octanol–water partition coefficient (Wildman–Crippen LogP) is 2.49. The molecule has 1 saturated heterocycles. The van der Waals surface area contributed by atoms with Crippen molar-refractivity contribution in [2.45, 2.75) is 46.3 Å². The van der Waals surface area contributed by atoms with Gasteiger partial charge in [0.2, 0.25) is 5.91 Å². The van der Waals surface area contributed by atoms with Gasteiger partial charge in [-0.05, 0) is 24.8 Å². The van der Waals surface area contributed by atoms with Gasteiger partial charge in [-0.3, -0.25) is 4.79 Å². The minimum Gasteiger partial charge on any atom is -0.393 e. The maximum Gasteiger partial charge on any atom is 0.225 e. The third-order valence-corrected chi connectivity index (χ3v) is 4.72. The fraction of sp³-hybridized carbons (Fsp3) is 0.688. The molecule has 1 aliphatic rings. The Morgan fingerprint density at radius 3 is 2.71 bits per heavy atom. The molecule has 1 fully saturated rings. The first-order valence-corrected chi connectivity index (χ1v) is 8.48. The highest BCUT2D eigenvalue weighted by atomic mass is 32.1. The molecule has 0 aliphatic carbocycles. The third-order valence-electron chi connectivity index (χ3n) is 4.05. The number of carbonyl (C=O) groups excluding carboxylic acids is 1. The molecule has 1 aliphatic heterocycles. The number of hydrogen-bond donors (Lipinski definition) is 2. The van der Waals surface area contributed by atoms with Gasteiger partial charge in [-0.2, -0.15) is 11.3 Å². The summed E-state index contributed by atoms with van der Waals surface area (Å²) in [6.45, 7) is 9.26. The average Bonchev–Trinajstić information content (AvgIpc) is 2.91. The average molecular weight is 310 g/mol. The van der Waals surface area contributed by atoms with Crippen LogP contribution in [0.5, 0.6) is 0 Å². The molecule has 2 heterocycles. The Balaban J connectivity index is 2.08. The van der Waals surface area contributed by atoms with Gasteiger partial charge in [0.25, 0.3) is 0 Å². The maximum absolute atomic E-state index is 12.2. The summed E-state index contributed by atoms with van der Waals surface area (Å²) in [4.78, 5) is 14.5. The van der Waals surface area contributed by atoms with Gasteiger partial charge in [-0.25, -0.2) is 0 Å². The van der Waals surface area contributed by atoms with Crippen LogP contribution in [0.3, 0.4) is 0 Å². The van der Waals surface area contributed by atoms with Gasteiger partial charge in [0.15, 0.2) is 0 Å². The molecular formula is C16H26N2O2S. The van der Waals surface area contributed by atoms with Crippen LogP contribution in [0.25, 0.3) is 0 Å². The maximum atomic E-state index is 12.2. The van der Waals surface area contributed by atoms with Crippen LogP contribution in [0, 0.1) is 11.3 Å². The molecule has 0 aromatic carbocycles. The van der Waals surface area contributed by atoms with E-state index >= 15 is 0 Å². The predicted molar refractivity (Wildman–Crippen MR) is 87.7 cm³/mol. The van der Waals surface area contributed by atoms with E-state index in [1.807, 2.05) is 27.7 Å². The highest BCUT2D eigenvalue weighted by molar-refractivity contribution is 7.08. The Labute approximate surface area is 131 Å². The highest BCUT2D eigenvalue weighted by Gasteiger charge is 2.33. The van der Waals surface area contributed by atoms with Crippen LogP contribution in [0.1, 0.15) is 34.1 Å². The summed E-state index contributed by atoms with van der Waals surface area (Å²) >= 11 is 1.67. The van der Waals surface area contributed by atoms with Gasteiger partial charge in [-0.15, -0.1) is 0 Å². The highest BCUT2D eigenvalue weighted by Crippen LogP contribution is 2.27. The van der Waals surface area contributed by atoms with Gasteiger partial charge in [0.05, 0.1) is 6.10 Å². The van der Waals surface area contributed by atoms with Crippen LogP contribution in [0.15, 0.2) is 16.8 Å².